The minimum atomic E-state index is -0.864. The van der Waals surface area contributed by atoms with Crippen molar-refractivity contribution in [3.05, 3.63) is 0 Å². The van der Waals surface area contributed by atoms with Gasteiger partial charge in [-0.05, 0) is 32.1 Å². The van der Waals surface area contributed by atoms with Crippen molar-refractivity contribution in [2.45, 2.75) is 82.7 Å². The van der Waals surface area contributed by atoms with Crippen LogP contribution < -0.4 is 11.1 Å². The lowest BCUT2D eigenvalue weighted by Gasteiger charge is -2.36. The smallest absolute Gasteiger partial charge is 0.249 e. The number of rotatable bonds is 5. The van der Waals surface area contributed by atoms with Crippen LogP contribution in [0.2, 0.25) is 0 Å². The Kier molecular flexibility index (Phi) is 5.46. The van der Waals surface area contributed by atoms with E-state index in [4.69, 9.17) is 5.73 Å². The molecule has 0 spiro atoms. The monoisotopic (exact) mass is 363 g/mol. The number of amides is 4. The van der Waals surface area contributed by atoms with Crippen LogP contribution >= 0.6 is 0 Å². The first-order chi connectivity index (χ1) is 12.4. The van der Waals surface area contributed by atoms with Crippen molar-refractivity contribution in [2.24, 2.45) is 17.6 Å². The zero-order chi connectivity index (χ0) is 18.9. The van der Waals surface area contributed by atoms with Crippen LogP contribution in [-0.2, 0) is 19.2 Å². The predicted octanol–water partition coefficient (Wildman–Crippen LogP) is 1.24. The summed E-state index contributed by atoms with van der Waals surface area (Å²) in [5.41, 5.74) is 6.17. The van der Waals surface area contributed by atoms with E-state index in [-0.39, 0.29) is 30.6 Å². The van der Waals surface area contributed by atoms with Crippen LogP contribution in [0.5, 0.6) is 0 Å². The van der Waals surface area contributed by atoms with E-state index in [1.807, 2.05) is 6.92 Å². The van der Waals surface area contributed by atoms with Crippen LogP contribution in [0.25, 0.3) is 0 Å². The maximum atomic E-state index is 13.1. The van der Waals surface area contributed by atoms with E-state index >= 15 is 0 Å². The molecule has 1 saturated carbocycles. The molecule has 3 N–H and O–H groups in total. The van der Waals surface area contributed by atoms with E-state index in [2.05, 4.69) is 5.32 Å². The number of nitrogens with two attached hydrogens (primary N) is 1. The molecule has 0 radical (unpaired) electrons. The van der Waals surface area contributed by atoms with Crippen LogP contribution in [0.15, 0.2) is 0 Å². The van der Waals surface area contributed by atoms with Gasteiger partial charge in [-0.25, -0.2) is 0 Å². The Morgan fingerprint density at radius 1 is 1.08 bits per heavy atom. The van der Waals surface area contributed by atoms with Crippen molar-refractivity contribution in [2.75, 3.05) is 0 Å². The van der Waals surface area contributed by atoms with Gasteiger partial charge in [-0.1, -0.05) is 32.6 Å². The van der Waals surface area contributed by atoms with Crippen molar-refractivity contribution in [1.82, 2.24) is 10.2 Å². The fourth-order valence-electron chi connectivity index (χ4n) is 4.81. The molecule has 0 bridgehead atoms. The molecule has 3 fully saturated rings. The number of nitrogens with one attached hydrogen (secondary N) is 1. The lowest BCUT2D eigenvalue weighted by atomic mass is 9.73. The number of likely N-dealkylation sites (tertiary alicyclic amines) is 1. The molecule has 2 saturated heterocycles. The first kappa shape index (κ1) is 19.0. The average molecular weight is 363 g/mol. The predicted molar refractivity (Wildman–Crippen MR) is 94.5 cm³/mol. The van der Waals surface area contributed by atoms with E-state index in [1.165, 1.54) is 0 Å². The molecule has 3 rings (SSSR count). The van der Waals surface area contributed by atoms with Gasteiger partial charge >= 0.3 is 0 Å². The van der Waals surface area contributed by atoms with Crippen LogP contribution in [0.3, 0.4) is 0 Å². The molecule has 0 aromatic heterocycles. The summed E-state index contributed by atoms with van der Waals surface area (Å²) < 4.78 is 0. The molecule has 3 unspecified atom stereocenters. The molecule has 0 aromatic rings. The second-order valence-corrected chi connectivity index (χ2v) is 8.14. The number of imide groups is 2. The minimum absolute atomic E-state index is 0.150. The number of piperidine rings is 1. The molecule has 7 heteroatoms. The van der Waals surface area contributed by atoms with Crippen LogP contribution in [0.1, 0.15) is 71.1 Å². The summed E-state index contributed by atoms with van der Waals surface area (Å²) in [5, 5.41) is 2.25. The summed E-state index contributed by atoms with van der Waals surface area (Å²) in [5.74, 6) is -2.29. The van der Waals surface area contributed by atoms with Crippen molar-refractivity contribution in [1.29, 1.82) is 0 Å². The van der Waals surface area contributed by atoms with Gasteiger partial charge in [0.2, 0.25) is 23.6 Å². The Labute approximate surface area is 154 Å². The van der Waals surface area contributed by atoms with Gasteiger partial charge in [0.25, 0.3) is 0 Å². The zero-order valence-electron chi connectivity index (χ0n) is 15.5. The highest BCUT2D eigenvalue weighted by molar-refractivity contribution is 6.10. The molecule has 2 aliphatic heterocycles. The molecule has 1 aliphatic carbocycles. The lowest BCUT2D eigenvalue weighted by Crippen LogP contribution is -2.54. The van der Waals surface area contributed by atoms with E-state index in [1.54, 1.807) is 0 Å². The molecule has 144 valence electrons. The number of carbonyl (C=O) groups excluding carboxylic acids is 4. The molecular formula is C19H29N3O4. The molecule has 3 aliphatic rings. The molecule has 2 heterocycles. The second-order valence-electron chi connectivity index (χ2n) is 8.14. The molecule has 3 atom stereocenters. The van der Waals surface area contributed by atoms with Crippen LogP contribution in [-0.4, -0.2) is 40.1 Å². The number of hydrogen-bond acceptors (Lipinski definition) is 5. The Bertz CT molecular complexity index is 612. The Hall–Kier alpha value is -1.76. The summed E-state index contributed by atoms with van der Waals surface area (Å²) >= 11 is 0. The average Bonchev–Trinajstić information content (AvgIpc) is 2.80. The van der Waals surface area contributed by atoms with Gasteiger partial charge in [0.1, 0.15) is 6.04 Å². The summed E-state index contributed by atoms with van der Waals surface area (Å²) in [6.45, 7) is 1.99. The highest BCUT2D eigenvalue weighted by Crippen LogP contribution is 2.40. The standard InChI is InChI=1S/C19H29N3O4/c1-2-6-12-13(11-19(20)9-4-3-5-10-19)18(26)22(17(12)25)14-7-8-15(23)21-16(14)24/h12-14H,2-11,20H2,1H3,(H,21,23,24). The van der Waals surface area contributed by atoms with E-state index in [9.17, 15) is 19.2 Å². The van der Waals surface area contributed by atoms with Crippen LogP contribution in [0.4, 0.5) is 0 Å². The third kappa shape index (κ3) is 3.54. The molecule has 26 heavy (non-hydrogen) atoms. The van der Waals surface area contributed by atoms with Crippen molar-refractivity contribution >= 4 is 23.6 Å². The largest absolute Gasteiger partial charge is 0.325 e. The van der Waals surface area contributed by atoms with Gasteiger partial charge in [-0.3, -0.25) is 29.4 Å². The first-order valence-corrected chi connectivity index (χ1v) is 9.86. The highest BCUT2D eigenvalue weighted by Gasteiger charge is 2.53. The van der Waals surface area contributed by atoms with Crippen LogP contribution in [0, 0.1) is 11.8 Å². The fourth-order valence-corrected chi connectivity index (χ4v) is 4.81. The van der Waals surface area contributed by atoms with Crippen molar-refractivity contribution in [3.8, 4) is 0 Å². The van der Waals surface area contributed by atoms with Gasteiger partial charge in [-0.2, -0.15) is 0 Å². The summed E-state index contributed by atoms with van der Waals surface area (Å²) in [6, 6.07) is -0.864. The zero-order valence-corrected chi connectivity index (χ0v) is 15.5. The van der Waals surface area contributed by atoms with Crippen molar-refractivity contribution < 1.29 is 19.2 Å². The quantitative estimate of drug-likeness (QED) is 0.714. The molecule has 0 aromatic carbocycles. The van der Waals surface area contributed by atoms with Gasteiger partial charge in [0.05, 0.1) is 11.8 Å². The third-order valence-electron chi connectivity index (χ3n) is 6.19. The van der Waals surface area contributed by atoms with E-state index in [0.29, 0.717) is 12.8 Å². The van der Waals surface area contributed by atoms with Gasteiger partial charge in [0, 0.05) is 12.0 Å². The minimum Gasteiger partial charge on any atom is -0.325 e. The molecule has 4 amide bonds. The number of nitrogens with zero attached hydrogens (tertiary/aromatic N) is 1. The first-order valence-electron chi connectivity index (χ1n) is 9.86. The summed E-state index contributed by atoms with van der Waals surface area (Å²) in [7, 11) is 0. The normalized spacial score (nSPS) is 32.1. The topological polar surface area (TPSA) is 110 Å². The number of carbonyl (C=O) groups is 4. The van der Waals surface area contributed by atoms with Crippen molar-refractivity contribution in [3.63, 3.8) is 0 Å². The molecule has 7 nitrogen and oxygen atoms in total. The lowest BCUT2D eigenvalue weighted by molar-refractivity contribution is -0.151. The SMILES string of the molecule is CCCC1C(=O)N(C2CCC(=O)NC2=O)C(=O)C1CC1(N)CCCCC1. The maximum Gasteiger partial charge on any atom is 0.249 e. The summed E-state index contributed by atoms with van der Waals surface area (Å²) in [6.07, 6.45) is 7.31. The maximum absolute atomic E-state index is 13.1. The third-order valence-corrected chi connectivity index (χ3v) is 6.19. The highest BCUT2D eigenvalue weighted by atomic mass is 16.2. The van der Waals surface area contributed by atoms with Gasteiger partial charge < -0.3 is 5.73 Å². The van der Waals surface area contributed by atoms with E-state index < -0.39 is 29.3 Å². The van der Waals surface area contributed by atoms with Gasteiger partial charge in [-0.15, -0.1) is 0 Å². The Morgan fingerprint density at radius 3 is 2.35 bits per heavy atom. The molecular weight excluding hydrogens is 334 g/mol. The van der Waals surface area contributed by atoms with Gasteiger partial charge in [0.15, 0.2) is 0 Å². The Morgan fingerprint density at radius 2 is 1.73 bits per heavy atom. The second kappa shape index (κ2) is 7.47. The number of hydrogen-bond donors (Lipinski definition) is 2. The van der Waals surface area contributed by atoms with E-state index in [0.717, 1.165) is 43.4 Å². The Balaban J connectivity index is 1.82. The fraction of sp³-hybridized carbons (Fsp3) is 0.789. The summed E-state index contributed by atoms with van der Waals surface area (Å²) in [4.78, 5) is 50.9.